The number of nitrogens with zero attached hydrogens (tertiary/aromatic N) is 1. The summed E-state index contributed by atoms with van der Waals surface area (Å²) in [6, 6.07) is 3.85. The van der Waals surface area contributed by atoms with Crippen molar-refractivity contribution in [1.29, 1.82) is 0 Å². The molecule has 1 aliphatic heterocycles. The number of alkyl carbamates (subject to hydrolysis) is 1. The normalized spacial score (nSPS) is 13.7. The molecule has 2 rings (SSSR count). The highest BCUT2D eigenvalue weighted by atomic mass is 16.6. The highest BCUT2D eigenvalue weighted by molar-refractivity contribution is 5.82. The molecule has 1 heterocycles. The number of amides is 2. The number of hydrogen-bond donors (Lipinski definition) is 1. The van der Waals surface area contributed by atoms with Gasteiger partial charge in [-0.1, -0.05) is 0 Å². The van der Waals surface area contributed by atoms with Crippen molar-refractivity contribution >= 4 is 12.0 Å². The van der Waals surface area contributed by atoms with Crippen LogP contribution < -0.4 is 14.8 Å². The number of nitrogens with one attached hydrogen (secondary N) is 1. The molecule has 0 spiro atoms. The van der Waals surface area contributed by atoms with Crippen LogP contribution in [0.3, 0.4) is 0 Å². The molecule has 1 aromatic rings. The summed E-state index contributed by atoms with van der Waals surface area (Å²) in [6.07, 6.45) is 0.137. The van der Waals surface area contributed by atoms with E-state index in [2.05, 4.69) is 5.32 Å². The van der Waals surface area contributed by atoms with Gasteiger partial charge in [0, 0.05) is 13.1 Å². The summed E-state index contributed by atoms with van der Waals surface area (Å²) in [6.45, 7) is 6.31. The van der Waals surface area contributed by atoms with Gasteiger partial charge in [0.05, 0.1) is 14.2 Å². The van der Waals surface area contributed by atoms with Crippen molar-refractivity contribution in [3.63, 3.8) is 0 Å². The van der Waals surface area contributed by atoms with E-state index in [1.807, 2.05) is 12.1 Å². The predicted octanol–water partition coefficient (Wildman–Crippen LogP) is 2.11. The van der Waals surface area contributed by atoms with Crippen molar-refractivity contribution in [3.05, 3.63) is 23.3 Å². The van der Waals surface area contributed by atoms with Gasteiger partial charge < -0.3 is 24.4 Å². The van der Waals surface area contributed by atoms with Crippen LogP contribution in [0.4, 0.5) is 4.79 Å². The maximum absolute atomic E-state index is 12.4. The second kappa shape index (κ2) is 7.63. The molecule has 0 saturated heterocycles. The molecule has 138 valence electrons. The van der Waals surface area contributed by atoms with Gasteiger partial charge in [0.25, 0.3) is 0 Å². The molecule has 2 amide bonds. The second-order valence-corrected chi connectivity index (χ2v) is 6.90. The Kier molecular flexibility index (Phi) is 5.77. The molecule has 0 aromatic heterocycles. The topological polar surface area (TPSA) is 77.1 Å². The van der Waals surface area contributed by atoms with Crippen LogP contribution in [0.15, 0.2) is 12.1 Å². The third-order valence-corrected chi connectivity index (χ3v) is 3.85. The largest absolute Gasteiger partial charge is 0.493 e. The standard InChI is InChI=1S/C18H26N2O5/c1-18(2,3)25-17(22)19-10-16(21)20-7-6-12-8-14(23-4)15(24-5)9-13(12)11-20/h8-9H,6-7,10-11H2,1-5H3,(H,19,22). The van der Waals surface area contributed by atoms with Crippen LogP contribution in [0.2, 0.25) is 0 Å². The zero-order valence-electron chi connectivity index (χ0n) is 15.5. The number of rotatable bonds is 4. The van der Waals surface area contributed by atoms with Crippen molar-refractivity contribution in [2.24, 2.45) is 0 Å². The first kappa shape index (κ1) is 18.9. The third kappa shape index (κ3) is 5.01. The van der Waals surface area contributed by atoms with Gasteiger partial charge >= 0.3 is 6.09 Å². The lowest BCUT2D eigenvalue weighted by atomic mass is 9.98. The number of ether oxygens (including phenoxy) is 3. The van der Waals surface area contributed by atoms with Crippen LogP contribution >= 0.6 is 0 Å². The van der Waals surface area contributed by atoms with E-state index in [9.17, 15) is 9.59 Å². The van der Waals surface area contributed by atoms with Gasteiger partial charge in [-0.25, -0.2) is 4.79 Å². The summed E-state index contributed by atoms with van der Waals surface area (Å²) in [5.41, 5.74) is 1.57. The Labute approximate surface area is 148 Å². The molecule has 0 aliphatic carbocycles. The number of hydrogen-bond acceptors (Lipinski definition) is 5. The fraction of sp³-hybridized carbons (Fsp3) is 0.556. The fourth-order valence-electron chi connectivity index (χ4n) is 2.67. The summed E-state index contributed by atoms with van der Waals surface area (Å²) >= 11 is 0. The van der Waals surface area contributed by atoms with E-state index < -0.39 is 11.7 Å². The van der Waals surface area contributed by atoms with E-state index in [0.717, 1.165) is 17.5 Å². The first-order chi connectivity index (χ1) is 11.7. The zero-order valence-corrected chi connectivity index (χ0v) is 15.5. The Bertz CT molecular complexity index is 652. The van der Waals surface area contributed by atoms with Crippen LogP contribution in [0, 0.1) is 0 Å². The lowest BCUT2D eigenvalue weighted by Crippen LogP contribution is -2.43. The molecule has 0 saturated carbocycles. The van der Waals surface area contributed by atoms with Gasteiger partial charge in [0.15, 0.2) is 11.5 Å². The number of carbonyl (C=O) groups excluding carboxylic acids is 2. The maximum atomic E-state index is 12.4. The molecule has 0 unspecified atom stereocenters. The summed E-state index contributed by atoms with van der Waals surface area (Å²) in [7, 11) is 3.19. The Morgan fingerprint density at radius 2 is 1.72 bits per heavy atom. The molecule has 0 radical (unpaired) electrons. The molecule has 7 heteroatoms. The number of benzene rings is 1. The molecular formula is C18H26N2O5. The number of fused-ring (bicyclic) bond motifs is 1. The number of methoxy groups -OCH3 is 2. The Morgan fingerprint density at radius 3 is 2.28 bits per heavy atom. The van der Waals surface area contributed by atoms with E-state index in [1.165, 1.54) is 0 Å². The molecule has 0 atom stereocenters. The van der Waals surface area contributed by atoms with E-state index in [0.29, 0.717) is 24.6 Å². The summed E-state index contributed by atoms with van der Waals surface area (Å²) in [5.74, 6) is 1.18. The first-order valence-corrected chi connectivity index (χ1v) is 8.22. The van der Waals surface area contributed by atoms with Gasteiger partial charge in [-0.15, -0.1) is 0 Å². The molecule has 1 aliphatic rings. The second-order valence-electron chi connectivity index (χ2n) is 6.90. The highest BCUT2D eigenvalue weighted by Gasteiger charge is 2.24. The molecule has 0 fully saturated rings. The van der Waals surface area contributed by atoms with Gasteiger partial charge in [-0.2, -0.15) is 0 Å². The maximum Gasteiger partial charge on any atom is 0.408 e. The molecular weight excluding hydrogens is 324 g/mol. The average Bonchev–Trinajstić information content (AvgIpc) is 2.56. The summed E-state index contributed by atoms with van der Waals surface area (Å²) < 4.78 is 15.8. The zero-order chi connectivity index (χ0) is 18.6. The molecule has 1 aromatic carbocycles. The van der Waals surface area contributed by atoms with E-state index >= 15 is 0 Å². The van der Waals surface area contributed by atoms with E-state index in [1.54, 1.807) is 39.9 Å². The Hall–Kier alpha value is -2.44. The van der Waals surface area contributed by atoms with Crippen LogP contribution in [0.25, 0.3) is 0 Å². The molecule has 25 heavy (non-hydrogen) atoms. The third-order valence-electron chi connectivity index (χ3n) is 3.85. The average molecular weight is 350 g/mol. The lowest BCUT2D eigenvalue weighted by Gasteiger charge is -2.30. The van der Waals surface area contributed by atoms with Crippen LogP contribution in [-0.2, 0) is 22.5 Å². The quantitative estimate of drug-likeness (QED) is 0.900. The number of carbonyl (C=O) groups is 2. The summed E-state index contributed by atoms with van der Waals surface area (Å²) in [4.78, 5) is 25.7. The Balaban J connectivity index is 1.97. The Morgan fingerprint density at radius 1 is 1.12 bits per heavy atom. The van der Waals surface area contributed by atoms with E-state index in [-0.39, 0.29) is 12.5 Å². The fourth-order valence-corrected chi connectivity index (χ4v) is 2.67. The van der Waals surface area contributed by atoms with E-state index in [4.69, 9.17) is 14.2 Å². The van der Waals surface area contributed by atoms with Crippen LogP contribution in [-0.4, -0.2) is 49.8 Å². The van der Waals surface area contributed by atoms with Crippen molar-refractivity contribution in [3.8, 4) is 11.5 Å². The van der Waals surface area contributed by atoms with Gasteiger partial charge in [0.1, 0.15) is 12.1 Å². The van der Waals surface area contributed by atoms with Crippen LogP contribution in [0.5, 0.6) is 11.5 Å². The molecule has 7 nitrogen and oxygen atoms in total. The minimum absolute atomic E-state index is 0.0858. The summed E-state index contributed by atoms with van der Waals surface area (Å²) in [5, 5.41) is 2.50. The minimum Gasteiger partial charge on any atom is -0.493 e. The van der Waals surface area contributed by atoms with Gasteiger partial charge in [-0.3, -0.25) is 4.79 Å². The van der Waals surface area contributed by atoms with Crippen molar-refractivity contribution in [2.45, 2.75) is 39.3 Å². The van der Waals surface area contributed by atoms with Gasteiger partial charge in [-0.05, 0) is 50.5 Å². The van der Waals surface area contributed by atoms with Crippen molar-refractivity contribution in [1.82, 2.24) is 10.2 Å². The smallest absolute Gasteiger partial charge is 0.408 e. The van der Waals surface area contributed by atoms with Crippen molar-refractivity contribution < 1.29 is 23.8 Å². The predicted molar refractivity (Wildman–Crippen MR) is 92.9 cm³/mol. The highest BCUT2D eigenvalue weighted by Crippen LogP contribution is 2.33. The van der Waals surface area contributed by atoms with Gasteiger partial charge in [0.2, 0.25) is 5.91 Å². The molecule has 1 N–H and O–H groups in total. The first-order valence-electron chi connectivity index (χ1n) is 8.22. The molecule has 0 bridgehead atoms. The van der Waals surface area contributed by atoms with Crippen LogP contribution in [0.1, 0.15) is 31.9 Å². The minimum atomic E-state index is -0.593. The SMILES string of the molecule is COc1cc2c(cc1OC)CN(C(=O)CNC(=O)OC(C)(C)C)CC2. The monoisotopic (exact) mass is 350 g/mol. The lowest BCUT2D eigenvalue weighted by molar-refractivity contribution is -0.131. The van der Waals surface area contributed by atoms with Crippen molar-refractivity contribution in [2.75, 3.05) is 27.3 Å².